The summed E-state index contributed by atoms with van der Waals surface area (Å²) in [6, 6.07) is 17.8. The Morgan fingerprint density at radius 1 is 0.906 bits per heavy atom. The molecule has 3 nitrogen and oxygen atoms in total. The molecule has 1 aromatic heterocycles. The summed E-state index contributed by atoms with van der Waals surface area (Å²) in [6.45, 7) is 15.3. The number of fused-ring (bicyclic) bond motifs is 1. The standard InChI is InChI=1S/C17H14N.C11H20O2.Ir/c1-12-7-3-4-9-15(12)17-16-10-6-5-8-14(16)13(2)11-18-17;1-10(2,3)8(12)7-9(13)11(4,5)6;/h3-8,10-11H,1-2H3;7,12H,1-6H3;/q-1;;/b;8-7-;. The Bertz CT molecular complexity index is 1100. The second kappa shape index (κ2) is 11.0. The summed E-state index contributed by atoms with van der Waals surface area (Å²) in [7, 11) is 0. The van der Waals surface area contributed by atoms with Gasteiger partial charge >= 0.3 is 0 Å². The molecule has 0 unspecified atom stereocenters. The predicted molar refractivity (Wildman–Crippen MR) is 130 cm³/mol. The van der Waals surface area contributed by atoms with E-state index in [1.54, 1.807) is 0 Å². The van der Waals surface area contributed by atoms with Crippen molar-refractivity contribution in [2.24, 2.45) is 10.8 Å². The summed E-state index contributed by atoms with van der Waals surface area (Å²) < 4.78 is 0. The van der Waals surface area contributed by atoms with Gasteiger partial charge in [0.15, 0.2) is 5.78 Å². The summed E-state index contributed by atoms with van der Waals surface area (Å²) in [4.78, 5) is 16.1. The van der Waals surface area contributed by atoms with Gasteiger partial charge in [-0.2, -0.15) is 0 Å². The molecule has 0 saturated carbocycles. The van der Waals surface area contributed by atoms with Crippen LogP contribution in [-0.2, 0) is 24.9 Å². The van der Waals surface area contributed by atoms with Crippen LogP contribution < -0.4 is 0 Å². The summed E-state index contributed by atoms with van der Waals surface area (Å²) in [5.41, 5.74) is 3.77. The van der Waals surface area contributed by atoms with Crippen molar-refractivity contribution < 1.29 is 30.0 Å². The Labute approximate surface area is 206 Å². The van der Waals surface area contributed by atoms with E-state index in [2.05, 4.69) is 55.2 Å². The summed E-state index contributed by atoms with van der Waals surface area (Å²) in [6.07, 6.45) is 3.28. The van der Waals surface area contributed by atoms with Crippen molar-refractivity contribution in [1.82, 2.24) is 4.98 Å². The van der Waals surface area contributed by atoms with Crippen molar-refractivity contribution in [3.8, 4) is 11.3 Å². The fourth-order valence-electron chi connectivity index (χ4n) is 2.87. The van der Waals surface area contributed by atoms with Crippen LogP contribution in [0.1, 0.15) is 52.7 Å². The molecule has 0 aliphatic heterocycles. The van der Waals surface area contributed by atoms with Gasteiger partial charge in [-0.05, 0) is 29.0 Å². The number of aryl methyl sites for hydroxylation is 2. The van der Waals surface area contributed by atoms with Gasteiger partial charge in [-0.1, -0.05) is 72.7 Å². The number of hydrogen-bond donors (Lipinski definition) is 1. The molecule has 3 aromatic rings. The van der Waals surface area contributed by atoms with Gasteiger partial charge in [-0.15, -0.1) is 35.4 Å². The molecule has 0 saturated heterocycles. The zero-order valence-corrected chi connectivity index (χ0v) is 22.7. The van der Waals surface area contributed by atoms with Crippen molar-refractivity contribution in [3.63, 3.8) is 0 Å². The van der Waals surface area contributed by atoms with Crippen molar-refractivity contribution in [2.75, 3.05) is 0 Å². The maximum atomic E-state index is 11.5. The number of pyridine rings is 1. The maximum Gasteiger partial charge on any atom is 0.164 e. The van der Waals surface area contributed by atoms with Crippen LogP contribution in [0.3, 0.4) is 0 Å². The number of rotatable bonds is 2. The summed E-state index contributed by atoms with van der Waals surface area (Å²) >= 11 is 0. The molecule has 3 rings (SSSR count). The third kappa shape index (κ3) is 7.12. The van der Waals surface area contributed by atoms with Crippen LogP contribution in [0, 0.1) is 30.7 Å². The summed E-state index contributed by atoms with van der Waals surface area (Å²) in [5, 5.41) is 12.0. The van der Waals surface area contributed by atoms with Crippen LogP contribution in [0.2, 0.25) is 0 Å². The van der Waals surface area contributed by atoms with E-state index >= 15 is 0 Å². The number of carbonyl (C=O) groups excluding carboxylic acids is 1. The van der Waals surface area contributed by atoms with Gasteiger partial charge in [-0.3, -0.25) is 4.79 Å². The minimum absolute atomic E-state index is 0. The minimum Gasteiger partial charge on any atom is -0.512 e. The van der Waals surface area contributed by atoms with E-state index in [4.69, 9.17) is 0 Å². The number of hydrogen-bond acceptors (Lipinski definition) is 3. The van der Waals surface area contributed by atoms with E-state index in [-0.39, 0.29) is 37.1 Å². The van der Waals surface area contributed by atoms with Gasteiger partial charge in [0.1, 0.15) is 5.76 Å². The average molecular weight is 609 g/mol. The third-order valence-corrected chi connectivity index (χ3v) is 5.07. The first kappa shape index (κ1) is 27.7. The number of aliphatic hydroxyl groups is 1. The molecule has 0 aliphatic rings. The second-order valence-corrected chi connectivity index (χ2v) is 9.96. The van der Waals surface area contributed by atoms with Crippen molar-refractivity contribution in [1.29, 1.82) is 0 Å². The van der Waals surface area contributed by atoms with Crippen LogP contribution in [-0.4, -0.2) is 15.9 Å². The molecule has 2 aromatic carbocycles. The fourth-order valence-corrected chi connectivity index (χ4v) is 2.87. The Balaban J connectivity index is 0.000000330. The summed E-state index contributed by atoms with van der Waals surface area (Å²) in [5.74, 6) is 0.104. The van der Waals surface area contributed by atoms with Crippen molar-refractivity contribution in [2.45, 2.75) is 55.4 Å². The number of allylic oxidation sites excluding steroid dienone is 2. The van der Waals surface area contributed by atoms with Gasteiger partial charge in [0.05, 0.1) is 0 Å². The topological polar surface area (TPSA) is 50.2 Å². The first-order valence-corrected chi connectivity index (χ1v) is 10.6. The monoisotopic (exact) mass is 609 g/mol. The van der Waals surface area contributed by atoms with Crippen LogP contribution in [0.15, 0.2) is 60.5 Å². The van der Waals surface area contributed by atoms with E-state index in [9.17, 15) is 9.90 Å². The van der Waals surface area contributed by atoms with Crippen LogP contribution in [0.4, 0.5) is 0 Å². The van der Waals surface area contributed by atoms with Gasteiger partial charge in [0.2, 0.25) is 0 Å². The first-order valence-electron chi connectivity index (χ1n) is 10.6. The molecule has 173 valence electrons. The van der Waals surface area contributed by atoms with E-state index in [0.717, 1.165) is 11.3 Å². The predicted octanol–water partition coefficient (Wildman–Crippen LogP) is 7.41. The zero-order chi connectivity index (χ0) is 23.4. The average Bonchev–Trinajstić information content (AvgIpc) is 2.68. The SMILES string of the molecule is CC(C)(C)C(=O)/C=C(\O)C(C)(C)C.Cc1ccc[c-]c1-c1ncc(C)c2ccccc12.[Ir]. The van der Waals surface area contributed by atoms with Crippen LogP contribution >= 0.6 is 0 Å². The third-order valence-electron chi connectivity index (χ3n) is 5.07. The quantitative estimate of drug-likeness (QED) is 0.187. The normalized spacial score (nSPS) is 11.9. The fraction of sp³-hybridized carbons (Fsp3) is 0.357. The van der Waals surface area contributed by atoms with E-state index in [1.807, 2.05) is 59.9 Å². The number of ketones is 1. The number of nitrogens with zero attached hydrogens (tertiary/aromatic N) is 1. The molecule has 0 atom stereocenters. The minimum atomic E-state index is -0.417. The molecule has 32 heavy (non-hydrogen) atoms. The Hall–Kier alpha value is -2.29. The van der Waals surface area contributed by atoms with Gasteiger partial charge < -0.3 is 10.1 Å². The molecule has 0 bridgehead atoms. The molecule has 0 aliphatic carbocycles. The van der Waals surface area contributed by atoms with Crippen LogP contribution in [0.25, 0.3) is 22.0 Å². The van der Waals surface area contributed by atoms with Crippen molar-refractivity contribution in [3.05, 3.63) is 77.7 Å². The van der Waals surface area contributed by atoms with Gasteiger partial charge in [0.25, 0.3) is 0 Å². The number of carbonyl (C=O) groups is 1. The molecule has 1 radical (unpaired) electrons. The number of aromatic nitrogens is 1. The maximum absolute atomic E-state index is 11.5. The van der Waals surface area contributed by atoms with Crippen molar-refractivity contribution >= 4 is 16.6 Å². The zero-order valence-electron chi connectivity index (χ0n) is 20.3. The van der Waals surface area contributed by atoms with Gasteiger partial charge in [-0.25, -0.2) is 0 Å². The van der Waals surface area contributed by atoms with E-state index < -0.39 is 5.41 Å². The first-order chi connectivity index (χ1) is 14.3. The molecule has 0 fully saturated rings. The Kier molecular flexibility index (Phi) is 9.56. The van der Waals surface area contributed by atoms with E-state index in [0.29, 0.717) is 0 Å². The van der Waals surface area contributed by atoms with E-state index in [1.165, 1.54) is 28.0 Å². The smallest absolute Gasteiger partial charge is 0.164 e. The molecule has 0 spiro atoms. The molecule has 1 heterocycles. The number of aliphatic hydroxyl groups excluding tert-OH is 1. The molecule has 4 heteroatoms. The second-order valence-electron chi connectivity index (χ2n) is 9.96. The molecular formula is C28H34IrNO2-. The van der Waals surface area contributed by atoms with Gasteiger partial charge in [0, 0.05) is 43.2 Å². The Morgan fingerprint density at radius 3 is 2.03 bits per heavy atom. The molecule has 1 N–H and O–H groups in total. The largest absolute Gasteiger partial charge is 0.512 e. The number of benzene rings is 2. The van der Waals surface area contributed by atoms with Crippen LogP contribution in [0.5, 0.6) is 0 Å². The molecule has 0 amide bonds. The molecular weight excluding hydrogens is 575 g/mol. The Morgan fingerprint density at radius 2 is 1.50 bits per heavy atom.